The Morgan fingerprint density at radius 2 is 1.71 bits per heavy atom. The second kappa shape index (κ2) is 5.57. The van der Waals surface area contributed by atoms with Gasteiger partial charge in [-0.3, -0.25) is 14.8 Å². The fourth-order valence-corrected chi connectivity index (χ4v) is 3.22. The van der Waals surface area contributed by atoms with Crippen LogP contribution in [-0.2, 0) is 6.54 Å². The lowest BCUT2D eigenvalue weighted by molar-refractivity contribution is 0.0783. The Morgan fingerprint density at radius 1 is 0.958 bits per heavy atom. The first-order chi connectivity index (χ1) is 11.6. The number of carbonyl (C=O) groups excluding carboxylic acids is 1. The zero-order valence-corrected chi connectivity index (χ0v) is 13.7. The minimum absolute atomic E-state index is 0.0408. The van der Waals surface area contributed by atoms with E-state index in [1.54, 1.807) is 17.3 Å². The molecule has 0 spiro atoms. The van der Waals surface area contributed by atoms with Crippen molar-refractivity contribution < 1.29 is 4.79 Å². The summed E-state index contributed by atoms with van der Waals surface area (Å²) in [6.07, 6.45) is 3.47. The Labute approximate surface area is 140 Å². The Hall–Kier alpha value is -3.01. The smallest absolute Gasteiger partial charge is 0.273 e. The Kier molecular flexibility index (Phi) is 3.38. The molecular weight excluding hydrogens is 298 g/mol. The molecule has 1 aliphatic rings. The molecule has 0 bridgehead atoms. The lowest BCUT2D eigenvalue weighted by Gasteiger charge is -2.15. The minimum Gasteiger partial charge on any atom is -0.336 e. The molecule has 0 unspecified atom stereocenters. The maximum atomic E-state index is 12.6. The van der Waals surface area contributed by atoms with Crippen molar-refractivity contribution in [3.05, 3.63) is 71.8 Å². The molecule has 3 aromatic rings. The largest absolute Gasteiger partial charge is 0.336 e. The van der Waals surface area contributed by atoms with Gasteiger partial charge in [-0.05, 0) is 41.8 Å². The van der Waals surface area contributed by atoms with Gasteiger partial charge in [0.1, 0.15) is 5.69 Å². The highest BCUT2D eigenvalue weighted by molar-refractivity contribution is 6.00. The van der Waals surface area contributed by atoms with Gasteiger partial charge >= 0.3 is 0 Å². The van der Waals surface area contributed by atoms with E-state index < -0.39 is 0 Å². The van der Waals surface area contributed by atoms with Crippen LogP contribution in [0.2, 0.25) is 0 Å². The Bertz CT molecular complexity index is 949. The number of rotatable bonds is 1. The molecule has 0 aliphatic carbocycles. The van der Waals surface area contributed by atoms with E-state index >= 15 is 0 Å². The maximum absolute atomic E-state index is 12.6. The number of hydrogen-bond donors (Lipinski definition) is 0. The van der Waals surface area contributed by atoms with Crippen LogP contribution in [-0.4, -0.2) is 27.8 Å². The summed E-state index contributed by atoms with van der Waals surface area (Å²) in [6.45, 7) is 2.59. The molecule has 0 saturated heterocycles. The van der Waals surface area contributed by atoms with Gasteiger partial charge in [0.05, 0.1) is 0 Å². The van der Waals surface area contributed by atoms with Gasteiger partial charge in [-0.2, -0.15) is 0 Å². The molecule has 0 saturated carbocycles. The molecule has 24 heavy (non-hydrogen) atoms. The number of hydrogen-bond acceptors (Lipinski definition) is 3. The standard InChI is InChI=1S/C20H17N3O/c1-13-16(5-3-9-21-13)14-7-8-15-12-23(2)20(24)19-17(18(15)11-14)6-4-10-22-19/h3-11H,12H2,1-2H3. The van der Waals surface area contributed by atoms with Gasteiger partial charge in [0.25, 0.3) is 5.91 Å². The third kappa shape index (κ3) is 2.27. The average molecular weight is 315 g/mol. The molecular formula is C20H17N3O. The van der Waals surface area contributed by atoms with E-state index in [1.165, 1.54) is 0 Å². The highest BCUT2D eigenvalue weighted by atomic mass is 16.2. The number of aryl methyl sites for hydroxylation is 1. The maximum Gasteiger partial charge on any atom is 0.273 e. The van der Waals surface area contributed by atoms with Gasteiger partial charge in [-0.15, -0.1) is 0 Å². The van der Waals surface area contributed by atoms with Crippen LogP contribution in [0, 0.1) is 6.92 Å². The van der Waals surface area contributed by atoms with E-state index in [2.05, 4.69) is 34.2 Å². The monoisotopic (exact) mass is 315 g/mol. The molecule has 1 aliphatic heterocycles. The predicted molar refractivity (Wildman–Crippen MR) is 93.4 cm³/mol. The highest BCUT2D eigenvalue weighted by Crippen LogP contribution is 2.34. The van der Waals surface area contributed by atoms with Gasteiger partial charge in [0.2, 0.25) is 0 Å². The van der Waals surface area contributed by atoms with Crippen LogP contribution < -0.4 is 0 Å². The topological polar surface area (TPSA) is 46.1 Å². The number of benzene rings is 1. The van der Waals surface area contributed by atoms with Crippen molar-refractivity contribution >= 4 is 5.91 Å². The summed E-state index contributed by atoms with van der Waals surface area (Å²) >= 11 is 0. The molecule has 4 nitrogen and oxygen atoms in total. The molecule has 1 amide bonds. The summed E-state index contributed by atoms with van der Waals surface area (Å²) in [5, 5.41) is 0. The van der Waals surface area contributed by atoms with E-state index in [9.17, 15) is 4.79 Å². The van der Waals surface area contributed by atoms with E-state index in [0.717, 1.165) is 33.5 Å². The SMILES string of the molecule is Cc1ncccc1-c1ccc2c(c1)-c1cccnc1C(=O)N(C)C2. The second-order valence-corrected chi connectivity index (χ2v) is 6.07. The van der Waals surface area contributed by atoms with Crippen LogP contribution in [0.25, 0.3) is 22.3 Å². The lowest BCUT2D eigenvalue weighted by Crippen LogP contribution is -2.25. The molecule has 0 N–H and O–H groups in total. The van der Waals surface area contributed by atoms with Crippen LogP contribution in [0.5, 0.6) is 0 Å². The van der Waals surface area contributed by atoms with Gasteiger partial charge < -0.3 is 4.90 Å². The fraction of sp³-hybridized carbons (Fsp3) is 0.150. The van der Waals surface area contributed by atoms with Gasteiger partial charge in [0.15, 0.2) is 0 Å². The van der Waals surface area contributed by atoms with E-state index in [4.69, 9.17) is 0 Å². The van der Waals surface area contributed by atoms with Crippen LogP contribution >= 0.6 is 0 Å². The zero-order valence-electron chi connectivity index (χ0n) is 13.7. The number of amides is 1. The molecule has 2 aromatic heterocycles. The summed E-state index contributed by atoms with van der Waals surface area (Å²) in [7, 11) is 1.81. The molecule has 3 heterocycles. The molecule has 0 atom stereocenters. The highest BCUT2D eigenvalue weighted by Gasteiger charge is 2.24. The summed E-state index contributed by atoms with van der Waals surface area (Å²) in [5.74, 6) is -0.0408. The third-order valence-corrected chi connectivity index (χ3v) is 4.48. The van der Waals surface area contributed by atoms with Crippen molar-refractivity contribution in [3.8, 4) is 22.3 Å². The van der Waals surface area contributed by atoms with Crippen molar-refractivity contribution in [2.75, 3.05) is 7.05 Å². The van der Waals surface area contributed by atoms with Crippen LogP contribution in [0.15, 0.2) is 54.9 Å². The predicted octanol–water partition coefficient (Wildman–Crippen LogP) is 3.70. The van der Waals surface area contributed by atoms with E-state index in [0.29, 0.717) is 12.2 Å². The summed E-state index contributed by atoms with van der Waals surface area (Å²) in [6, 6.07) is 14.2. The quantitative estimate of drug-likeness (QED) is 0.688. The van der Waals surface area contributed by atoms with Crippen molar-refractivity contribution in [1.82, 2.24) is 14.9 Å². The van der Waals surface area contributed by atoms with Crippen LogP contribution in [0.1, 0.15) is 21.7 Å². The number of aromatic nitrogens is 2. The molecule has 0 fully saturated rings. The molecule has 4 rings (SSSR count). The van der Waals surface area contributed by atoms with Crippen molar-refractivity contribution in [2.24, 2.45) is 0 Å². The first-order valence-corrected chi connectivity index (χ1v) is 7.91. The van der Waals surface area contributed by atoms with E-state index in [1.807, 2.05) is 32.2 Å². The second-order valence-electron chi connectivity index (χ2n) is 6.07. The van der Waals surface area contributed by atoms with Crippen molar-refractivity contribution in [2.45, 2.75) is 13.5 Å². The summed E-state index contributed by atoms with van der Waals surface area (Å²) < 4.78 is 0. The van der Waals surface area contributed by atoms with Crippen LogP contribution in [0.3, 0.4) is 0 Å². The fourth-order valence-electron chi connectivity index (χ4n) is 3.22. The molecule has 118 valence electrons. The Balaban J connectivity index is 1.96. The Morgan fingerprint density at radius 3 is 2.50 bits per heavy atom. The number of carbonyl (C=O) groups is 1. The summed E-state index contributed by atoms with van der Waals surface area (Å²) in [5.41, 5.74) is 6.80. The molecule has 1 aromatic carbocycles. The minimum atomic E-state index is -0.0408. The zero-order chi connectivity index (χ0) is 16.7. The number of pyridine rings is 2. The number of fused-ring (bicyclic) bond motifs is 3. The molecule has 4 heteroatoms. The van der Waals surface area contributed by atoms with Gasteiger partial charge in [-0.25, -0.2) is 0 Å². The van der Waals surface area contributed by atoms with Gasteiger partial charge in [-0.1, -0.05) is 24.3 Å². The summed E-state index contributed by atoms with van der Waals surface area (Å²) in [4.78, 5) is 23.0. The lowest BCUT2D eigenvalue weighted by atomic mass is 9.94. The van der Waals surface area contributed by atoms with Crippen molar-refractivity contribution in [3.63, 3.8) is 0 Å². The van der Waals surface area contributed by atoms with Crippen molar-refractivity contribution in [1.29, 1.82) is 0 Å². The van der Waals surface area contributed by atoms with Crippen LogP contribution in [0.4, 0.5) is 0 Å². The average Bonchev–Trinajstić information content (AvgIpc) is 2.71. The molecule has 0 radical (unpaired) electrons. The van der Waals surface area contributed by atoms with E-state index in [-0.39, 0.29) is 5.91 Å². The first-order valence-electron chi connectivity index (χ1n) is 7.91. The van der Waals surface area contributed by atoms with Gasteiger partial charge in [0, 0.05) is 42.8 Å². The first kappa shape index (κ1) is 14.6. The third-order valence-electron chi connectivity index (χ3n) is 4.48. The number of nitrogens with zero attached hydrogens (tertiary/aromatic N) is 3. The normalized spacial score (nSPS) is 13.2.